The number of likely N-dealkylation sites (N-methyl/N-ethyl adjacent to an activating group) is 1. The van der Waals surface area contributed by atoms with Gasteiger partial charge in [0.25, 0.3) is 0 Å². The largest absolute Gasteiger partial charge is 0.317 e. The molecule has 0 aromatic carbocycles. The van der Waals surface area contributed by atoms with Gasteiger partial charge in [0, 0.05) is 24.4 Å². The van der Waals surface area contributed by atoms with E-state index in [2.05, 4.69) is 50.1 Å². The van der Waals surface area contributed by atoms with Crippen molar-refractivity contribution in [2.24, 2.45) is 5.41 Å². The van der Waals surface area contributed by atoms with Crippen molar-refractivity contribution in [3.8, 4) is 0 Å². The van der Waals surface area contributed by atoms with Crippen LogP contribution in [0.3, 0.4) is 0 Å². The summed E-state index contributed by atoms with van der Waals surface area (Å²) >= 11 is 0. The van der Waals surface area contributed by atoms with Crippen LogP contribution in [0.2, 0.25) is 0 Å². The molecule has 1 rings (SSSR count). The highest BCUT2D eigenvalue weighted by Crippen LogP contribution is 2.22. The van der Waals surface area contributed by atoms with Gasteiger partial charge in [-0.15, -0.1) is 0 Å². The molecular weight excluding hydrogens is 196 g/mol. The third-order valence-electron chi connectivity index (χ3n) is 2.70. The van der Waals surface area contributed by atoms with Crippen LogP contribution in [-0.2, 0) is 6.42 Å². The summed E-state index contributed by atoms with van der Waals surface area (Å²) in [5, 5.41) is 3.38. The predicted octanol–water partition coefficient (Wildman–Crippen LogP) is 2.96. The number of pyridine rings is 1. The first-order valence-corrected chi connectivity index (χ1v) is 5.99. The first-order chi connectivity index (χ1) is 7.40. The summed E-state index contributed by atoms with van der Waals surface area (Å²) < 4.78 is 0. The van der Waals surface area contributed by atoms with Crippen LogP contribution in [0.15, 0.2) is 18.3 Å². The van der Waals surface area contributed by atoms with Gasteiger partial charge in [-0.05, 0) is 37.4 Å². The van der Waals surface area contributed by atoms with Crippen molar-refractivity contribution in [2.75, 3.05) is 7.05 Å². The summed E-state index contributed by atoms with van der Waals surface area (Å²) in [6, 6.07) is 4.77. The quantitative estimate of drug-likeness (QED) is 0.844. The van der Waals surface area contributed by atoms with Gasteiger partial charge in [0.1, 0.15) is 0 Å². The molecule has 0 spiro atoms. The fraction of sp³-hybridized carbons (Fsp3) is 0.643. The van der Waals surface area contributed by atoms with Crippen LogP contribution >= 0.6 is 0 Å². The molecular formula is C14H24N2. The van der Waals surface area contributed by atoms with E-state index < -0.39 is 0 Å². The normalized spacial score (nSPS) is 13.8. The fourth-order valence-corrected chi connectivity index (χ4v) is 1.89. The summed E-state index contributed by atoms with van der Waals surface area (Å²) in [6.45, 7) is 8.90. The van der Waals surface area contributed by atoms with Gasteiger partial charge in [0.2, 0.25) is 0 Å². The molecule has 1 heterocycles. The molecule has 0 aliphatic heterocycles. The van der Waals surface area contributed by atoms with Crippen molar-refractivity contribution in [3.63, 3.8) is 0 Å². The van der Waals surface area contributed by atoms with Crippen LogP contribution in [0.5, 0.6) is 0 Å². The Morgan fingerprint density at radius 2 is 2.00 bits per heavy atom. The third-order valence-corrected chi connectivity index (χ3v) is 2.70. The van der Waals surface area contributed by atoms with Gasteiger partial charge in [0.15, 0.2) is 0 Å². The lowest BCUT2D eigenvalue weighted by Crippen LogP contribution is -2.32. The van der Waals surface area contributed by atoms with Gasteiger partial charge in [-0.1, -0.05) is 26.8 Å². The summed E-state index contributed by atoms with van der Waals surface area (Å²) in [5.41, 5.74) is 2.76. The summed E-state index contributed by atoms with van der Waals surface area (Å²) in [4.78, 5) is 4.46. The van der Waals surface area contributed by atoms with Crippen molar-refractivity contribution in [2.45, 2.75) is 46.6 Å². The van der Waals surface area contributed by atoms with E-state index in [0.29, 0.717) is 11.5 Å². The molecule has 0 fully saturated rings. The number of aromatic nitrogens is 1. The van der Waals surface area contributed by atoms with Crippen molar-refractivity contribution in [1.82, 2.24) is 10.3 Å². The first-order valence-electron chi connectivity index (χ1n) is 5.99. The Morgan fingerprint density at radius 3 is 2.44 bits per heavy atom. The molecule has 1 N–H and O–H groups in total. The Hall–Kier alpha value is -0.890. The molecule has 1 unspecified atom stereocenters. The van der Waals surface area contributed by atoms with Crippen LogP contribution in [0.4, 0.5) is 0 Å². The van der Waals surface area contributed by atoms with E-state index in [1.54, 1.807) is 0 Å². The van der Waals surface area contributed by atoms with E-state index in [1.807, 2.05) is 13.2 Å². The lowest BCUT2D eigenvalue weighted by atomic mass is 9.86. The maximum Gasteiger partial charge on any atom is 0.0419 e. The Morgan fingerprint density at radius 1 is 1.31 bits per heavy atom. The molecule has 90 valence electrons. The molecule has 0 radical (unpaired) electrons. The summed E-state index contributed by atoms with van der Waals surface area (Å²) in [7, 11) is 2.03. The van der Waals surface area contributed by atoms with Crippen LogP contribution in [0, 0.1) is 12.3 Å². The topological polar surface area (TPSA) is 24.9 Å². The zero-order valence-corrected chi connectivity index (χ0v) is 11.2. The summed E-state index contributed by atoms with van der Waals surface area (Å²) in [6.07, 6.45) is 4.12. The highest BCUT2D eigenvalue weighted by atomic mass is 14.9. The molecule has 0 saturated carbocycles. The minimum atomic E-state index is 0.359. The molecule has 1 atom stereocenters. The molecule has 0 aliphatic rings. The van der Waals surface area contributed by atoms with Gasteiger partial charge in [-0.25, -0.2) is 0 Å². The molecule has 2 nitrogen and oxygen atoms in total. The maximum atomic E-state index is 4.46. The molecule has 0 aliphatic carbocycles. The third kappa shape index (κ3) is 4.75. The molecule has 16 heavy (non-hydrogen) atoms. The van der Waals surface area contributed by atoms with Crippen LogP contribution in [0.1, 0.15) is 38.4 Å². The van der Waals surface area contributed by atoms with E-state index in [4.69, 9.17) is 0 Å². The van der Waals surface area contributed by atoms with Gasteiger partial charge in [-0.3, -0.25) is 4.98 Å². The highest BCUT2D eigenvalue weighted by Gasteiger charge is 2.17. The van der Waals surface area contributed by atoms with E-state index in [9.17, 15) is 0 Å². The fourth-order valence-electron chi connectivity index (χ4n) is 1.89. The molecule has 1 aromatic heterocycles. The smallest absolute Gasteiger partial charge is 0.0419 e. The Balaban J connectivity index is 2.60. The Labute approximate surface area is 99.5 Å². The number of nitrogens with one attached hydrogen (secondary N) is 1. The average Bonchev–Trinajstić information content (AvgIpc) is 2.18. The van der Waals surface area contributed by atoms with Crippen LogP contribution < -0.4 is 5.32 Å². The van der Waals surface area contributed by atoms with Crippen molar-refractivity contribution in [1.29, 1.82) is 0 Å². The van der Waals surface area contributed by atoms with E-state index in [-0.39, 0.29) is 0 Å². The first kappa shape index (κ1) is 13.2. The maximum absolute atomic E-state index is 4.46. The minimum absolute atomic E-state index is 0.359. The van der Waals surface area contributed by atoms with Crippen molar-refractivity contribution >= 4 is 0 Å². The van der Waals surface area contributed by atoms with Crippen molar-refractivity contribution in [3.05, 3.63) is 29.6 Å². The van der Waals surface area contributed by atoms with E-state index >= 15 is 0 Å². The minimum Gasteiger partial charge on any atom is -0.317 e. The molecule has 0 amide bonds. The van der Waals surface area contributed by atoms with Crippen LogP contribution in [-0.4, -0.2) is 18.1 Å². The standard InChI is InChI=1S/C14H24N2/c1-11-6-7-12(16-10-11)8-13(15-5)9-14(2,3)4/h6-7,10,13,15H,8-9H2,1-5H3. The van der Waals surface area contributed by atoms with E-state index in [0.717, 1.165) is 6.42 Å². The Bertz CT molecular complexity index is 309. The number of aryl methyl sites for hydroxylation is 1. The second-order valence-electron chi connectivity index (χ2n) is 5.78. The number of hydrogen-bond donors (Lipinski definition) is 1. The predicted molar refractivity (Wildman–Crippen MR) is 69.6 cm³/mol. The van der Waals surface area contributed by atoms with Gasteiger partial charge < -0.3 is 5.32 Å². The van der Waals surface area contributed by atoms with Crippen molar-refractivity contribution < 1.29 is 0 Å². The number of rotatable bonds is 4. The lowest BCUT2D eigenvalue weighted by Gasteiger charge is -2.25. The van der Waals surface area contributed by atoms with Gasteiger partial charge in [-0.2, -0.15) is 0 Å². The highest BCUT2D eigenvalue weighted by molar-refractivity contribution is 5.13. The zero-order chi connectivity index (χ0) is 12.2. The van der Waals surface area contributed by atoms with E-state index in [1.165, 1.54) is 17.7 Å². The monoisotopic (exact) mass is 220 g/mol. The number of nitrogens with zero attached hydrogens (tertiary/aromatic N) is 1. The van der Waals surface area contributed by atoms with Gasteiger partial charge >= 0.3 is 0 Å². The SMILES string of the molecule is CNC(Cc1ccc(C)cn1)CC(C)(C)C. The summed E-state index contributed by atoms with van der Waals surface area (Å²) in [5.74, 6) is 0. The second kappa shape index (κ2) is 5.44. The van der Waals surface area contributed by atoms with Gasteiger partial charge in [0.05, 0.1) is 0 Å². The molecule has 0 bridgehead atoms. The average molecular weight is 220 g/mol. The molecule has 2 heteroatoms. The second-order valence-corrected chi connectivity index (χ2v) is 5.78. The molecule has 0 saturated heterocycles. The molecule has 1 aromatic rings. The zero-order valence-electron chi connectivity index (χ0n) is 11.2. The Kier molecular flexibility index (Phi) is 4.48. The van der Waals surface area contributed by atoms with Crippen LogP contribution in [0.25, 0.3) is 0 Å². The number of hydrogen-bond acceptors (Lipinski definition) is 2. The lowest BCUT2D eigenvalue weighted by molar-refractivity contribution is 0.315.